The Hall–Kier alpha value is -5.47. The van der Waals surface area contributed by atoms with Gasteiger partial charge in [0, 0.05) is 12.6 Å². The third kappa shape index (κ3) is 16.0. The molecule has 1 rings (SSSR count). The van der Waals surface area contributed by atoms with Crippen molar-refractivity contribution in [2.45, 2.75) is 95.7 Å². The van der Waals surface area contributed by atoms with Gasteiger partial charge in [-0.1, -0.05) is 38.3 Å². The average molecular weight is 764 g/mol. The maximum Gasteiger partial charge on any atom is 0.258 e. The van der Waals surface area contributed by atoms with Gasteiger partial charge in [0.2, 0.25) is 35.4 Å². The van der Waals surface area contributed by atoms with E-state index in [0.29, 0.717) is 6.29 Å². The number of nitrogens with zero attached hydrogens (tertiary/aromatic N) is 1. The van der Waals surface area contributed by atoms with Crippen molar-refractivity contribution in [3.8, 4) is 0 Å². The van der Waals surface area contributed by atoms with Crippen molar-refractivity contribution in [3.63, 3.8) is 0 Å². The second kappa shape index (κ2) is 24.0. The number of aliphatic hydroxyl groups excluding tert-OH is 2. The zero-order valence-electron chi connectivity index (χ0n) is 30.9. The molecule has 0 aromatic heterocycles. The number of benzene rings is 1. The molecule has 0 aliphatic rings. The summed E-state index contributed by atoms with van der Waals surface area (Å²) in [5.74, 6) is -7.38. The molecule has 0 aliphatic heterocycles. The van der Waals surface area contributed by atoms with Crippen molar-refractivity contribution in [2.24, 2.45) is 11.5 Å². The lowest BCUT2D eigenvalue weighted by molar-refractivity contribution is -0.144. The van der Waals surface area contributed by atoms with Crippen LogP contribution in [0.2, 0.25) is 0 Å². The molecule has 6 atom stereocenters. The quantitative estimate of drug-likeness (QED) is 0.0272. The monoisotopic (exact) mass is 763 g/mol. The Morgan fingerprint density at radius 2 is 1.46 bits per heavy atom. The highest BCUT2D eigenvalue weighted by atomic mass is 16.3. The molecule has 2 unspecified atom stereocenters. The van der Waals surface area contributed by atoms with Gasteiger partial charge < -0.3 is 63.3 Å². The summed E-state index contributed by atoms with van der Waals surface area (Å²) in [5.41, 5.74) is 12.2. The summed E-state index contributed by atoms with van der Waals surface area (Å²) in [6.45, 7) is 2.67. The summed E-state index contributed by atoms with van der Waals surface area (Å²) >= 11 is 0. The smallest absolute Gasteiger partial charge is 0.258 e. The number of hydrogen-bond acceptors (Lipinski definition) is 12. The first kappa shape index (κ1) is 46.6. The van der Waals surface area contributed by atoms with Crippen LogP contribution in [0.1, 0.15) is 68.8 Å². The van der Waals surface area contributed by atoms with Gasteiger partial charge in [-0.15, -0.1) is 0 Å². The van der Waals surface area contributed by atoms with Crippen molar-refractivity contribution in [2.75, 3.05) is 26.7 Å². The van der Waals surface area contributed by atoms with Crippen LogP contribution in [0.4, 0.5) is 0 Å². The Labute approximate surface area is 312 Å². The second-order valence-electron chi connectivity index (χ2n) is 12.5. The SMILES string of the molecule is CCCCCCc1ccc(C(=O)N[C@H](CO)C(=O)N[C@H](C)C(=O)NCC(=O)N(C)[C@H](C(=O)N[C@@H](N)C(=O)NC(CC(N)=O)C(=O)NCC=O)C(C)O)cc1. The normalized spacial score (nSPS) is 14.1. The van der Waals surface area contributed by atoms with Crippen LogP contribution in [0.3, 0.4) is 0 Å². The molecule has 0 aliphatic carbocycles. The van der Waals surface area contributed by atoms with Gasteiger partial charge in [-0.2, -0.15) is 0 Å². The fraction of sp³-hybridized carbons (Fsp3) is 0.559. The summed E-state index contributed by atoms with van der Waals surface area (Å²) in [7, 11) is 1.12. The van der Waals surface area contributed by atoms with Gasteiger partial charge in [0.25, 0.3) is 11.8 Å². The van der Waals surface area contributed by atoms with Crippen molar-refractivity contribution in [3.05, 3.63) is 35.4 Å². The molecule has 20 heteroatoms. The molecule has 0 bridgehead atoms. The van der Waals surface area contributed by atoms with Gasteiger partial charge >= 0.3 is 0 Å². The van der Waals surface area contributed by atoms with E-state index in [0.717, 1.165) is 56.5 Å². The molecule has 300 valence electrons. The zero-order valence-corrected chi connectivity index (χ0v) is 30.9. The van der Waals surface area contributed by atoms with Gasteiger partial charge in [0.1, 0.15) is 30.5 Å². The van der Waals surface area contributed by atoms with Gasteiger partial charge in [-0.25, -0.2) is 0 Å². The number of aldehydes is 1. The Kier molecular flexibility index (Phi) is 20.7. The summed E-state index contributed by atoms with van der Waals surface area (Å²) in [5, 5.41) is 33.4. The third-order valence-corrected chi connectivity index (χ3v) is 8.02. The van der Waals surface area contributed by atoms with Crippen molar-refractivity contribution in [1.82, 2.24) is 36.8 Å². The highest BCUT2D eigenvalue weighted by molar-refractivity contribution is 5.99. The van der Waals surface area contributed by atoms with Crippen LogP contribution in [-0.4, -0.2) is 132 Å². The molecule has 8 amide bonds. The molecule has 0 spiro atoms. The molecule has 0 fully saturated rings. The summed E-state index contributed by atoms with van der Waals surface area (Å²) in [6, 6.07) is 1.04. The fourth-order valence-corrected chi connectivity index (χ4v) is 4.95. The Morgan fingerprint density at radius 1 is 0.815 bits per heavy atom. The molecular weight excluding hydrogens is 710 g/mol. The van der Waals surface area contributed by atoms with Gasteiger partial charge in [-0.05, 0) is 44.4 Å². The number of primary amides is 1. The van der Waals surface area contributed by atoms with E-state index in [2.05, 4.69) is 38.8 Å². The van der Waals surface area contributed by atoms with E-state index in [-0.39, 0.29) is 5.56 Å². The standard InChI is InChI=1S/C34H53N9O11/c1-5-6-7-8-9-21-10-12-22(13-11-21)30(50)41-24(18-45)32(52)39-19(2)29(49)38-17-26(48)43(4)27(20(3)46)33(53)42-28(36)34(54)40-23(16-25(35)47)31(51)37-14-15-44/h10-13,15,19-20,23-24,27-28,45-46H,5-9,14,16-18,36H2,1-4H3,(H2,35,47)(H,37,51)(H,38,49)(H,39,52)(H,40,54)(H,41,50)(H,42,53)/t19-,20?,23?,24-,27+,28-/m1/s1. The first-order chi connectivity index (χ1) is 25.5. The Morgan fingerprint density at radius 3 is 2.02 bits per heavy atom. The summed E-state index contributed by atoms with van der Waals surface area (Å²) in [6.07, 6.45) is 1.60. The summed E-state index contributed by atoms with van der Waals surface area (Å²) in [4.78, 5) is 112. The fourth-order valence-electron chi connectivity index (χ4n) is 4.95. The molecule has 12 N–H and O–H groups in total. The largest absolute Gasteiger partial charge is 0.394 e. The van der Waals surface area contributed by atoms with Gasteiger partial charge in [-0.3, -0.25) is 38.4 Å². The molecule has 1 aromatic carbocycles. The minimum Gasteiger partial charge on any atom is -0.394 e. The number of carbonyl (C=O) groups is 9. The number of rotatable bonds is 24. The van der Waals surface area contributed by atoms with Crippen LogP contribution in [0.25, 0.3) is 0 Å². The number of aliphatic hydroxyl groups is 2. The van der Waals surface area contributed by atoms with Crippen molar-refractivity contribution >= 4 is 53.5 Å². The lowest BCUT2D eigenvalue weighted by Gasteiger charge is -2.30. The Bertz CT molecular complexity index is 1470. The number of nitrogens with one attached hydrogen (secondary N) is 6. The number of carbonyl (C=O) groups excluding carboxylic acids is 9. The number of amides is 8. The van der Waals surface area contributed by atoms with Crippen molar-refractivity contribution in [1.29, 1.82) is 0 Å². The second-order valence-corrected chi connectivity index (χ2v) is 12.5. The minimum atomic E-state index is -1.85. The lowest BCUT2D eigenvalue weighted by Crippen LogP contribution is -2.62. The molecule has 0 saturated carbocycles. The van der Waals surface area contributed by atoms with Crippen LogP contribution in [0.5, 0.6) is 0 Å². The molecular formula is C34H53N9O11. The van der Waals surface area contributed by atoms with Crippen LogP contribution >= 0.6 is 0 Å². The van der Waals surface area contributed by atoms with E-state index >= 15 is 0 Å². The predicted octanol–water partition coefficient (Wildman–Crippen LogP) is -4.19. The number of nitrogens with two attached hydrogens (primary N) is 2. The lowest BCUT2D eigenvalue weighted by atomic mass is 10.0. The van der Waals surface area contributed by atoms with Gasteiger partial charge in [0.15, 0.2) is 6.17 Å². The predicted molar refractivity (Wildman–Crippen MR) is 192 cm³/mol. The Balaban J connectivity index is 2.74. The first-order valence-corrected chi connectivity index (χ1v) is 17.4. The number of unbranched alkanes of at least 4 members (excludes halogenated alkanes) is 3. The number of hydrogen-bond donors (Lipinski definition) is 10. The highest BCUT2D eigenvalue weighted by Gasteiger charge is 2.34. The number of aryl methyl sites for hydroxylation is 1. The highest BCUT2D eigenvalue weighted by Crippen LogP contribution is 2.10. The van der Waals surface area contributed by atoms with E-state index in [4.69, 9.17) is 11.5 Å². The van der Waals surface area contributed by atoms with Crippen LogP contribution < -0.4 is 43.4 Å². The van der Waals surface area contributed by atoms with E-state index in [1.807, 2.05) is 12.1 Å². The maximum absolute atomic E-state index is 13.0. The van der Waals surface area contributed by atoms with Crippen LogP contribution in [0, 0.1) is 0 Å². The van der Waals surface area contributed by atoms with Crippen LogP contribution in [-0.2, 0) is 44.8 Å². The molecule has 0 saturated heterocycles. The topological polar surface area (TPSA) is 322 Å². The molecule has 0 radical (unpaired) electrons. The molecule has 0 heterocycles. The minimum absolute atomic E-state index is 0.270. The van der Waals surface area contributed by atoms with Crippen molar-refractivity contribution < 1.29 is 53.4 Å². The maximum atomic E-state index is 13.0. The zero-order chi connectivity index (χ0) is 41.0. The molecule has 54 heavy (non-hydrogen) atoms. The third-order valence-electron chi connectivity index (χ3n) is 8.02. The van der Waals surface area contributed by atoms with Gasteiger partial charge in [0.05, 0.1) is 32.2 Å². The summed E-state index contributed by atoms with van der Waals surface area (Å²) < 4.78 is 0. The van der Waals surface area contributed by atoms with E-state index in [1.54, 1.807) is 12.1 Å². The van der Waals surface area contributed by atoms with E-state index in [9.17, 15) is 53.4 Å². The molecule has 1 aromatic rings. The average Bonchev–Trinajstić information content (AvgIpc) is 3.12. The van der Waals surface area contributed by atoms with E-state index < -0.39 is 110 Å². The first-order valence-electron chi connectivity index (χ1n) is 17.4. The molecule has 20 nitrogen and oxygen atoms in total. The number of likely N-dealkylation sites (N-methyl/N-ethyl adjacent to an activating group) is 1. The van der Waals surface area contributed by atoms with E-state index in [1.165, 1.54) is 6.92 Å². The van der Waals surface area contributed by atoms with Crippen LogP contribution in [0.15, 0.2) is 24.3 Å².